The van der Waals surface area contributed by atoms with Gasteiger partial charge in [-0.1, -0.05) is 6.07 Å². The number of carbonyl (C=O) groups is 1. The second-order valence-corrected chi connectivity index (χ2v) is 4.81. The SMILES string of the molecule is CN(CC(=O)Nc1cc(F)ccc1N)Cc1cccnc1. The molecular weight excluding hydrogens is 271 g/mol. The summed E-state index contributed by atoms with van der Waals surface area (Å²) >= 11 is 0. The molecular formula is C15H17FN4O. The quantitative estimate of drug-likeness (QED) is 0.824. The molecule has 110 valence electrons. The predicted molar refractivity (Wildman–Crippen MR) is 80.0 cm³/mol. The summed E-state index contributed by atoms with van der Waals surface area (Å²) in [6.07, 6.45) is 3.45. The first-order chi connectivity index (χ1) is 10.0. The lowest BCUT2D eigenvalue weighted by atomic mass is 10.2. The monoisotopic (exact) mass is 288 g/mol. The predicted octanol–water partition coefficient (Wildman–Crippen LogP) is 1.87. The van der Waals surface area contributed by atoms with Gasteiger partial charge in [-0.05, 0) is 36.9 Å². The number of hydrogen-bond acceptors (Lipinski definition) is 4. The normalized spacial score (nSPS) is 10.6. The van der Waals surface area contributed by atoms with Gasteiger partial charge in [0.05, 0.1) is 17.9 Å². The number of aromatic nitrogens is 1. The Balaban J connectivity index is 1.91. The van der Waals surface area contributed by atoms with Crippen LogP contribution in [0.1, 0.15) is 5.56 Å². The number of anilines is 2. The van der Waals surface area contributed by atoms with E-state index in [-0.39, 0.29) is 18.1 Å². The first kappa shape index (κ1) is 14.9. The van der Waals surface area contributed by atoms with Crippen molar-refractivity contribution in [3.63, 3.8) is 0 Å². The zero-order chi connectivity index (χ0) is 15.2. The van der Waals surface area contributed by atoms with Gasteiger partial charge >= 0.3 is 0 Å². The van der Waals surface area contributed by atoms with Crippen molar-refractivity contribution in [2.45, 2.75) is 6.54 Å². The van der Waals surface area contributed by atoms with Crippen LogP contribution < -0.4 is 11.1 Å². The van der Waals surface area contributed by atoms with E-state index in [1.54, 1.807) is 12.4 Å². The van der Waals surface area contributed by atoms with Crippen molar-refractivity contribution >= 4 is 17.3 Å². The third kappa shape index (κ3) is 4.54. The summed E-state index contributed by atoms with van der Waals surface area (Å²) in [5.74, 6) is -0.693. The van der Waals surface area contributed by atoms with Crippen molar-refractivity contribution in [3.05, 3.63) is 54.1 Å². The molecule has 0 bridgehead atoms. The van der Waals surface area contributed by atoms with Crippen LogP contribution in [-0.2, 0) is 11.3 Å². The van der Waals surface area contributed by atoms with Crippen LogP contribution in [0.3, 0.4) is 0 Å². The van der Waals surface area contributed by atoms with E-state index in [2.05, 4.69) is 10.3 Å². The van der Waals surface area contributed by atoms with Crippen LogP contribution in [0, 0.1) is 5.82 Å². The van der Waals surface area contributed by atoms with E-state index >= 15 is 0 Å². The number of carbonyl (C=O) groups excluding carboxylic acids is 1. The smallest absolute Gasteiger partial charge is 0.238 e. The molecule has 0 aliphatic rings. The molecule has 1 amide bonds. The average molecular weight is 288 g/mol. The topological polar surface area (TPSA) is 71.2 Å². The summed E-state index contributed by atoms with van der Waals surface area (Å²) in [5.41, 5.74) is 7.32. The van der Waals surface area contributed by atoms with E-state index in [1.165, 1.54) is 18.2 Å². The van der Waals surface area contributed by atoms with E-state index < -0.39 is 5.82 Å². The van der Waals surface area contributed by atoms with Crippen LogP contribution >= 0.6 is 0 Å². The summed E-state index contributed by atoms with van der Waals surface area (Å²) in [4.78, 5) is 17.8. The maximum atomic E-state index is 13.1. The Morgan fingerprint density at radius 1 is 1.43 bits per heavy atom. The minimum atomic E-state index is -0.441. The second-order valence-electron chi connectivity index (χ2n) is 4.81. The highest BCUT2D eigenvalue weighted by Gasteiger charge is 2.10. The van der Waals surface area contributed by atoms with Crippen LogP contribution in [-0.4, -0.2) is 29.4 Å². The minimum absolute atomic E-state index is 0.171. The van der Waals surface area contributed by atoms with Crippen molar-refractivity contribution in [2.75, 3.05) is 24.6 Å². The van der Waals surface area contributed by atoms with E-state index in [0.717, 1.165) is 5.56 Å². The molecule has 21 heavy (non-hydrogen) atoms. The van der Waals surface area contributed by atoms with Crippen molar-refractivity contribution < 1.29 is 9.18 Å². The molecule has 0 radical (unpaired) electrons. The van der Waals surface area contributed by atoms with Crippen LogP contribution in [0.15, 0.2) is 42.7 Å². The highest BCUT2D eigenvalue weighted by atomic mass is 19.1. The molecule has 3 N–H and O–H groups in total. The zero-order valence-electron chi connectivity index (χ0n) is 11.7. The number of nitrogens with zero attached hydrogens (tertiary/aromatic N) is 2. The number of nitrogens with two attached hydrogens (primary N) is 1. The van der Waals surface area contributed by atoms with Crippen LogP contribution in [0.4, 0.5) is 15.8 Å². The third-order valence-electron chi connectivity index (χ3n) is 2.88. The van der Waals surface area contributed by atoms with Gasteiger partial charge in [-0.15, -0.1) is 0 Å². The molecule has 0 saturated heterocycles. The molecule has 1 aromatic carbocycles. The molecule has 1 aromatic heterocycles. The third-order valence-corrected chi connectivity index (χ3v) is 2.88. The number of amides is 1. The van der Waals surface area contributed by atoms with Crippen molar-refractivity contribution in [1.82, 2.24) is 9.88 Å². The first-order valence-corrected chi connectivity index (χ1v) is 6.47. The van der Waals surface area contributed by atoms with Gasteiger partial charge in [0.25, 0.3) is 0 Å². The summed E-state index contributed by atoms with van der Waals surface area (Å²) in [6, 6.07) is 7.65. The number of hydrogen-bond donors (Lipinski definition) is 2. The summed E-state index contributed by atoms with van der Waals surface area (Å²) < 4.78 is 13.1. The molecule has 5 nitrogen and oxygen atoms in total. The molecule has 1 heterocycles. The highest BCUT2D eigenvalue weighted by molar-refractivity contribution is 5.95. The first-order valence-electron chi connectivity index (χ1n) is 6.47. The van der Waals surface area contributed by atoms with E-state index in [9.17, 15) is 9.18 Å². The molecule has 0 fully saturated rings. The van der Waals surface area contributed by atoms with Crippen LogP contribution in [0.5, 0.6) is 0 Å². The lowest BCUT2D eigenvalue weighted by Gasteiger charge is -2.16. The Bertz CT molecular complexity index is 618. The second kappa shape index (κ2) is 6.81. The fourth-order valence-electron chi connectivity index (χ4n) is 1.93. The molecule has 2 rings (SSSR count). The molecule has 2 aromatic rings. The maximum Gasteiger partial charge on any atom is 0.238 e. The Morgan fingerprint density at radius 2 is 2.24 bits per heavy atom. The Labute approximate surface area is 122 Å². The number of nitrogens with one attached hydrogen (secondary N) is 1. The summed E-state index contributed by atoms with van der Waals surface area (Å²) in [6.45, 7) is 0.769. The lowest BCUT2D eigenvalue weighted by molar-refractivity contribution is -0.117. The molecule has 0 atom stereocenters. The Hall–Kier alpha value is -2.47. The number of rotatable bonds is 5. The number of halogens is 1. The number of pyridine rings is 1. The zero-order valence-corrected chi connectivity index (χ0v) is 11.7. The molecule has 0 saturated carbocycles. The van der Waals surface area contributed by atoms with Crippen molar-refractivity contribution in [2.24, 2.45) is 0 Å². The van der Waals surface area contributed by atoms with Gasteiger partial charge < -0.3 is 11.1 Å². The average Bonchev–Trinajstić information content (AvgIpc) is 2.43. The number of nitrogen functional groups attached to an aromatic ring is 1. The minimum Gasteiger partial charge on any atom is -0.397 e. The fraction of sp³-hybridized carbons (Fsp3) is 0.200. The van der Waals surface area contributed by atoms with Gasteiger partial charge in [-0.2, -0.15) is 0 Å². The molecule has 0 spiro atoms. The molecule has 0 aliphatic heterocycles. The fourth-order valence-corrected chi connectivity index (χ4v) is 1.93. The molecule has 0 aliphatic carbocycles. The van der Waals surface area contributed by atoms with Gasteiger partial charge in [-0.25, -0.2) is 4.39 Å². The largest absolute Gasteiger partial charge is 0.397 e. The lowest BCUT2D eigenvalue weighted by Crippen LogP contribution is -2.30. The van der Waals surface area contributed by atoms with E-state index in [4.69, 9.17) is 5.73 Å². The van der Waals surface area contributed by atoms with Gasteiger partial charge in [0.2, 0.25) is 5.91 Å². The summed E-state index contributed by atoms with van der Waals surface area (Å²) in [5, 5.41) is 2.61. The van der Waals surface area contributed by atoms with Crippen LogP contribution in [0.2, 0.25) is 0 Å². The highest BCUT2D eigenvalue weighted by Crippen LogP contribution is 2.19. The standard InChI is InChI=1S/C15H17FN4O/c1-20(9-11-3-2-6-18-8-11)10-15(21)19-14-7-12(16)4-5-13(14)17/h2-8H,9-10,17H2,1H3,(H,19,21). The van der Waals surface area contributed by atoms with E-state index in [1.807, 2.05) is 24.1 Å². The Morgan fingerprint density at radius 3 is 2.95 bits per heavy atom. The maximum absolute atomic E-state index is 13.1. The molecule has 0 unspecified atom stereocenters. The molecule has 6 heteroatoms. The van der Waals surface area contributed by atoms with Crippen molar-refractivity contribution in [3.8, 4) is 0 Å². The number of likely N-dealkylation sites (N-methyl/N-ethyl adjacent to an activating group) is 1. The van der Waals surface area contributed by atoms with Gasteiger partial charge in [0, 0.05) is 18.9 Å². The number of benzene rings is 1. The van der Waals surface area contributed by atoms with Crippen molar-refractivity contribution in [1.29, 1.82) is 0 Å². The Kier molecular flexibility index (Phi) is 4.84. The van der Waals surface area contributed by atoms with Gasteiger partial charge in [0.15, 0.2) is 0 Å². The summed E-state index contributed by atoms with van der Waals surface area (Å²) in [7, 11) is 1.82. The van der Waals surface area contributed by atoms with Crippen LogP contribution in [0.25, 0.3) is 0 Å². The van der Waals surface area contributed by atoms with Gasteiger partial charge in [-0.3, -0.25) is 14.7 Å². The van der Waals surface area contributed by atoms with E-state index in [0.29, 0.717) is 12.2 Å². The van der Waals surface area contributed by atoms with Gasteiger partial charge in [0.1, 0.15) is 5.82 Å².